The molecule has 0 N–H and O–H groups in total. The van der Waals surface area contributed by atoms with E-state index in [4.69, 9.17) is 4.74 Å². The largest absolute Gasteiger partial charge is 0.426 e. The third kappa shape index (κ3) is 4.05. The van der Waals surface area contributed by atoms with Gasteiger partial charge in [-0.2, -0.15) is 0 Å². The van der Waals surface area contributed by atoms with Crippen molar-refractivity contribution in [2.24, 2.45) is 0 Å². The second-order valence-corrected chi connectivity index (χ2v) is 4.65. The molecule has 0 aliphatic rings. The molecular weight excluding hydrogens is 252 g/mol. The number of carbonyl (C=O) groups is 2. The number of carbonyl (C=O) groups excluding carboxylic acids is 2. The molecule has 0 unspecified atom stereocenters. The third-order valence-electron chi connectivity index (χ3n) is 2.96. The first-order valence-electron chi connectivity index (χ1n) is 6.49. The van der Waals surface area contributed by atoms with Crippen LogP contribution in [0.3, 0.4) is 0 Å². The van der Waals surface area contributed by atoms with Gasteiger partial charge in [-0.25, -0.2) is 0 Å². The van der Waals surface area contributed by atoms with Gasteiger partial charge in [-0.15, -0.1) is 0 Å². The second-order valence-electron chi connectivity index (χ2n) is 4.65. The highest BCUT2D eigenvalue weighted by molar-refractivity contribution is 5.77. The van der Waals surface area contributed by atoms with E-state index in [1.54, 1.807) is 24.3 Å². The summed E-state index contributed by atoms with van der Waals surface area (Å²) in [5, 5.41) is 0. The molecule has 0 saturated heterocycles. The Bertz CT molecular complexity index is 600. The Balaban J connectivity index is 1.88. The molecule has 0 heterocycles. The van der Waals surface area contributed by atoms with Crippen molar-refractivity contribution in [3.63, 3.8) is 0 Å². The van der Waals surface area contributed by atoms with E-state index in [2.05, 4.69) is 0 Å². The summed E-state index contributed by atoms with van der Waals surface area (Å²) < 4.78 is 5.20. The molecule has 3 nitrogen and oxygen atoms in total. The van der Waals surface area contributed by atoms with Gasteiger partial charge in [0.2, 0.25) is 0 Å². The lowest BCUT2D eigenvalue weighted by Crippen LogP contribution is -2.09. The van der Waals surface area contributed by atoms with Crippen LogP contribution in [0.15, 0.2) is 48.5 Å². The van der Waals surface area contributed by atoms with Crippen molar-refractivity contribution in [1.82, 2.24) is 0 Å². The van der Waals surface area contributed by atoms with Crippen LogP contribution in [0.25, 0.3) is 0 Å². The van der Waals surface area contributed by atoms with E-state index in [1.165, 1.54) is 5.56 Å². The first kappa shape index (κ1) is 14.0. The predicted molar refractivity (Wildman–Crippen MR) is 77.0 cm³/mol. The molecule has 20 heavy (non-hydrogen) atoms. The van der Waals surface area contributed by atoms with Crippen molar-refractivity contribution < 1.29 is 14.3 Å². The molecule has 0 aromatic heterocycles. The van der Waals surface area contributed by atoms with Gasteiger partial charge in [0.05, 0.1) is 0 Å². The van der Waals surface area contributed by atoms with Gasteiger partial charge < -0.3 is 4.74 Å². The number of benzene rings is 2. The average Bonchev–Trinajstić information content (AvgIpc) is 2.47. The predicted octanol–water partition coefficient (Wildman–Crippen LogP) is 3.35. The van der Waals surface area contributed by atoms with Gasteiger partial charge in [0.1, 0.15) is 12.0 Å². The lowest BCUT2D eigenvalue weighted by Gasteiger charge is -2.05. The monoisotopic (exact) mass is 268 g/mol. The first-order chi connectivity index (χ1) is 9.67. The van der Waals surface area contributed by atoms with E-state index in [0.717, 1.165) is 11.8 Å². The minimum atomic E-state index is -0.298. The summed E-state index contributed by atoms with van der Waals surface area (Å²) in [6.45, 7) is 2.03. The number of esters is 1. The molecule has 0 aliphatic heterocycles. The summed E-state index contributed by atoms with van der Waals surface area (Å²) in [6.07, 6.45) is 1.69. The number of hydrogen-bond donors (Lipinski definition) is 0. The van der Waals surface area contributed by atoms with Gasteiger partial charge in [0.25, 0.3) is 0 Å². The lowest BCUT2D eigenvalue weighted by atomic mass is 10.1. The Morgan fingerprint density at radius 2 is 1.90 bits per heavy atom. The standard InChI is InChI=1S/C17H16O3/c1-13-5-7-14(8-6-13)9-10-17(19)20-16-4-2-3-15(11-16)12-18/h2-8,11-12H,9-10H2,1H3. The fourth-order valence-corrected chi connectivity index (χ4v) is 1.83. The molecule has 0 amide bonds. The molecule has 0 bridgehead atoms. The molecule has 0 atom stereocenters. The number of ether oxygens (including phenoxy) is 1. The first-order valence-corrected chi connectivity index (χ1v) is 6.49. The topological polar surface area (TPSA) is 43.4 Å². The van der Waals surface area contributed by atoms with Crippen LogP contribution in [0.2, 0.25) is 0 Å². The Morgan fingerprint density at radius 3 is 2.60 bits per heavy atom. The molecule has 0 radical (unpaired) electrons. The van der Waals surface area contributed by atoms with Gasteiger partial charge in [-0.3, -0.25) is 9.59 Å². The van der Waals surface area contributed by atoms with Gasteiger partial charge in [-0.05, 0) is 31.0 Å². The van der Waals surface area contributed by atoms with Gasteiger partial charge in [0.15, 0.2) is 0 Å². The summed E-state index contributed by atoms with van der Waals surface area (Å²) >= 11 is 0. The van der Waals surface area contributed by atoms with Crippen molar-refractivity contribution in [2.75, 3.05) is 0 Å². The SMILES string of the molecule is Cc1ccc(CCC(=O)Oc2cccc(C=O)c2)cc1. The van der Waals surface area contributed by atoms with Crippen LogP contribution in [0.4, 0.5) is 0 Å². The average molecular weight is 268 g/mol. The lowest BCUT2D eigenvalue weighted by molar-refractivity contribution is -0.134. The smallest absolute Gasteiger partial charge is 0.311 e. The fourth-order valence-electron chi connectivity index (χ4n) is 1.83. The minimum absolute atomic E-state index is 0.298. The maximum atomic E-state index is 11.7. The van der Waals surface area contributed by atoms with E-state index in [-0.39, 0.29) is 5.97 Å². The van der Waals surface area contributed by atoms with Gasteiger partial charge in [-0.1, -0.05) is 42.0 Å². The van der Waals surface area contributed by atoms with Crippen LogP contribution >= 0.6 is 0 Å². The molecule has 0 saturated carbocycles. The Hall–Kier alpha value is -2.42. The molecule has 102 valence electrons. The van der Waals surface area contributed by atoms with Crippen LogP contribution in [0, 0.1) is 6.92 Å². The Kier molecular flexibility index (Phi) is 4.66. The maximum Gasteiger partial charge on any atom is 0.311 e. The quantitative estimate of drug-likeness (QED) is 0.474. The van der Waals surface area contributed by atoms with E-state index >= 15 is 0 Å². The fraction of sp³-hybridized carbons (Fsp3) is 0.176. The molecule has 2 aromatic carbocycles. The molecule has 2 rings (SSSR count). The number of aldehydes is 1. The Morgan fingerprint density at radius 1 is 1.15 bits per heavy atom. The highest BCUT2D eigenvalue weighted by Crippen LogP contribution is 2.13. The van der Waals surface area contributed by atoms with E-state index < -0.39 is 0 Å². The van der Waals surface area contributed by atoms with E-state index in [0.29, 0.717) is 24.2 Å². The summed E-state index contributed by atoms with van der Waals surface area (Å²) in [4.78, 5) is 22.4. The van der Waals surface area contributed by atoms with Crippen LogP contribution in [-0.2, 0) is 11.2 Å². The number of aryl methyl sites for hydroxylation is 2. The normalized spacial score (nSPS) is 10.1. The zero-order chi connectivity index (χ0) is 14.4. The van der Waals surface area contributed by atoms with Gasteiger partial charge >= 0.3 is 5.97 Å². The third-order valence-corrected chi connectivity index (χ3v) is 2.96. The number of rotatable bonds is 5. The molecule has 0 fully saturated rings. The number of hydrogen-bond acceptors (Lipinski definition) is 3. The van der Waals surface area contributed by atoms with E-state index in [9.17, 15) is 9.59 Å². The van der Waals surface area contributed by atoms with Crippen LogP contribution in [0.5, 0.6) is 5.75 Å². The van der Waals surface area contributed by atoms with Crippen molar-refractivity contribution in [3.05, 3.63) is 65.2 Å². The molecule has 0 spiro atoms. The van der Waals surface area contributed by atoms with Crippen molar-refractivity contribution in [1.29, 1.82) is 0 Å². The van der Waals surface area contributed by atoms with Crippen LogP contribution < -0.4 is 4.74 Å². The minimum Gasteiger partial charge on any atom is -0.426 e. The highest BCUT2D eigenvalue weighted by atomic mass is 16.5. The van der Waals surface area contributed by atoms with Crippen molar-refractivity contribution in [3.8, 4) is 5.75 Å². The molecule has 3 heteroatoms. The van der Waals surface area contributed by atoms with Crippen LogP contribution in [0.1, 0.15) is 27.9 Å². The highest BCUT2D eigenvalue weighted by Gasteiger charge is 2.06. The maximum absolute atomic E-state index is 11.7. The molecule has 2 aromatic rings. The van der Waals surface area contributed by atoms with Crippen molar-refractivity contribution in [2.45, 2.75) is 19.8 Å². The second kappa shape index (κ2) is 6.66. The Labute approximate surface area is 118 Å². The van der Waals surface area contributed by atoms with Gasteiger partial charge in [0, 0.05) is 12.0 Å². The zero-order valence-corrected chi connectivity index (χ0v) is 11.3. The summed E-state index contributed by atoms with van der Waals surface area (Å²) in [6, 6.07) is 14.6. The molecule has 0 aliphatic carbocycles. The summed E-state index contributed by atoms with van der Waals surface area (Å²) in [5.41, 5.74) is 2.80. The van der Waals surface area contributed by atoms with E-state index in [1.807, 2.05) is 31.2 Å². The zero-order valence-electron chi connectivity index (χ0n) is 11.3. The van der Waals surface area contributed by atoms with Crippen molar-refractivity contribution >= 4 is 12.3 Å². The summed E-state index contributed by atoms with van der Waals surface area (Å²) in [5.74, 6) is 0.108. The van der Waals surface area contributed by atoms with Crippen LogP contribution in [-0.4, -0.2) is 12.3 Å². The summed E-state index contributed by atoms with van der Waals surface area (Å²) in [7, 11) is 0. The molecular formula is C17H16O3.